The normalized spacial score (nSPS) is 21.2. The molecule has 0 atom stereocenters. The SMILES string of the molecule is O=C[N](C1CCCCC1)[Nd]([I])[N](C=O)C1CCCCC1. The van der Waals surface area contributed by atoms with Gasteiger partial charge >= 0.3 is 145 Å². The van der Waals surface area contributed by atoms with Gasteiger partial charge in [-0.25, -0.2) is 0 Å². The molecule has 0 saturated heterocycles. The van der Waals surface area contributed by atoms with Gasteiger partial charge in [-0.3, -0.25) is 0 Å². The van der Waals surface area contributed by atoms with Crippen molar-refractivity contribution in [1.29, 1.82) is 0 Å². The van der Waals surface area contributed by atoms with Crippen LogP contribution in [0.25, 0.3) is 0 Å². The average Bonchev–Trinajstić information content (AvgIpc) is 2.51. The van der Waals surface area contributed by atoms with Crippen LogP contribution in [0.15, 0.2) is 0 Å². The molecule has 0 aromatic carbocycles. The molecule has 0 unspecified atom stereocenters. The van der Waals surface area contributed by atoms with Gasteiger partial charge in [-0.15, -0.1) is 0 Å². The Bertz CT molecular complexity index is 290. The zero-order chi connectivity index (χ0) is 14.4. The number of hydrogen-bond acceptors (Lipinski definition) is 2. The zero-order valence-corrected chi connectivity index (χ0v) is 17.3. The van der Waals surface area contributed by atoms with Crippen LogP contribution in [0.4, 0.5) is 0 Å². The van der Waals surface area contributed by atoms with Crippen molar-refractivity contribution in [2.45, 2.75) is 76.3 Å². The van der Waals surface area contributed by atoms with E-state index in [1.807, 2.05) is 0 Å². The number of hydrogen-bond donors (Lipinski definition) is 0. The van der Waals surface area contributed by atoms with E-state index in [1.54, 1.807) is 0 Å². The van der Waals surface area contributed by atoms with Crippen LogP contribution in [0.3, 0.4) is 0 Å². The second-order valence-corrected chi connectivity index (χ2v) is 18.1. The summed E-state index contributed by atoms with van der Waals surface area (Å²) in [4.78, 5) is 23.2. The molecule has 2 rings (SSSR count). The first-order valence-electron chi connectivity index (χ1n) is 7.77. The van der Waals surface area contributed by atoms with Gasteiger partial charge in [0.2, 0.25) is 0 Å². The van der Waals surface area contributed by atoms with Crippen LogP contribution in [-0.4, -0.2) is 26.9 Å². The first kappa shape index (κ1) is 17.4. The van der Waals surface area contributed by atoms with E-state index in [0.29, 0.717) is 12.1 Å². The first-order valence-corrected chi connectivity index (χ1v) is 19.9. The molecular weight excluding hydrogens is 499 g/mol. The van der Waals surface area contributed by atoms with E-state index in [0.717, 1.165) is 38.5 Å². The zero-order valence-electron chi connectivity index (χ0n) is 12.0. The van der Waals surface area contributed by atoms with Crippen molar-refractivity contribution in [2.75, 3.05) is 0 Å². The molecule has 0 heterocycles. The van der Waals surface area contributed by atoms with Crippen molar-refractivity contribution >= 4 is 27.0 Å². The third-order valence-electron chi connectivity index (χ3n) is 4.59. The third-order valence-corrected chi connectivity index (χ3v) is 18.6. The molecule has 2 fully saturated rings. The number of amides is 2. The molecule has 2 aliphatic rings. The maximum absolute atomic E-state index is 11.6. The molecule has 20 heavy (non-hydrogen) atoms. The summed E-state index contributed by atoms with van der Waals surface area (Å²) < 4.78 is 4.18. The van der Waals surface area contributed by atoms with Gasteiger partial charge in [-0.2, -0.15) is 0 Å². The van der Waals surface area contributed by atoms with Crippen LogP contribution in [0.5, 0.6) is 0 Å². The Balaban J connectivity index is 2.01. The predicted molar refractivity (Wildman–Crippen MR) is 83.6 cm³/mol. The molecule has 2 saturated carbocycles. The van der Waals surface area contributed by atoms with E-state index >= 15 is 0 Å². The Labute approximate surface area is 143 Å². The van der Waals surface area contributed by atoms with Crippen molar-refractivity contribution in [3.63, 3.8) is 0 Å². The Morgan fingerprint density at radius 1 is 0.750 bits per heavy atom. The summed E-state index contributed by atoms with van der Waals surface area (Å²) in [5, 5.41) is 0. The number of rotatable bonds is 6. The molecular formula is C14H24IN2NdO2. The summed E-state index contributed by atoms with van der Waals surface area (Å²) in [6.07, 6.45) is 14.1. The van der Waals surface area contributed by atoms with Crippen LogP contribution in [-0.2, 0) is 9.59 Å². The summed E-state index contributed by atoms with van der Waals surface area (Å²) in [7, 11) is 0. The van der Waals surface area contributed by atoms with Gasteiger partial charge in [0.15, 0.2) is 0 Å². The number of carbonyl (C=O) groups is 2. The Morgan fingerprint density at radius 3 is 1.40 bits per heavy atom. The predicted octanol–water partition coefficient (Wildman–Crippen LogP) is 3.37. The molecule has 0 aromatic heterocycles. The minimum absolute atomic E-state index is 0.409. The second kappa shape index (κ2) is 9.23. The minimum atomic E-state index is -2.50. The fourth-order valence-corrected chi connectivity index (χ4v) is 15.9. The van der Waals surface area contributed by atoms with Crippen molar-refractivity contribution in [2.24, 2.45) is 0 Å². The molecule has 113 valence electrons. The van der Waals surface area contributed by atoms with Gasteiger partial charge in [0.1, 0.15) is 0 Å². The molecule has 0 bridgehead atoms. The van der Waals surface area contributed by atoms with E-state index < -0.39 is 30.0 Å². The summed E-state index contributed by atoms with van der Waals surface area (Å²) in [6.45, 7) is 0. The quantitative estimate of drug-likeness (QED) is 0.396. The summed E-state index contributed by atoms with van der Waals surface area (Å²) >= 11 is -0.0305. The van der Waals surface area contributed by atoms with Crippen LogP contribution >= 0.6 is 14.2 Å². The van der Waals surface area contributed by atoms with Crippen LogP contribution < -0.4 is 0 Å². The first-order chi connectivity index (χ1) is 9.77. The molecule has 2 amide bonds. The summed E-state index contributed by atoms with van der Waals surface area (Å²) in [5.41, 5.74) is 0. The molecule has 2 aliphatic carbocycles. The standard InChI is InChI=1S/2C7H13NO.HI.Nd/c2*9-6-8-7-4-2-1-3-5-7;;/h2*6-7H,1-5H2,(H,8,9);1H;/q;;;+3/p-3. The number of carbonyl (C=O) groups excluding carboxylic acids is 2. The van der Waals surface area contributed by atoms with Gasteiger partial charge < -0.3 is 0 Å². The van der Waals surface area contributed by atoms with Crippen molar-refractivity contribution < 1.29 is 39.6 Å². The van der Waals surface area contributed by atoms with Crippen molar-refractivity contribution in [3.05, 3.63) is 0 Å². The fourth-order valence-electron chi connectivity index (χ4n) is 3.41. The van der Waals surface area contributed by atoms with Gasteiger partial charge in [0.05, 0.1) is 0 Å². The summed E-state index contributed by atoms with van der Waals surface area (Å²) in [6, 6.07) is 0.817. The van der Waals surface area contributed by atoms with E-state index in [2.05, 4.69) is 16.1 Å². The molecule has 0 aromatic rings. The number of halogens is 1. The van der Waals surface area contributed by atoms with Gasteiger partial charge in [0.25, 0.3) is 0 Å². The molecule has 0 radical (unpaired) electrons. The van der Waals surface area contributed by atoms with Crippen molar-refractivity contribution in [1.82, 2.24) is 1.97 Å². The fraction of sp³-hybridized carbons (Fsp3) is 0.857. The van der Waals surface area contributed by atoms with Crippen molar-refractivity contribution in [3.8, 4) is 0 Å². The van der Waals surface area contributed by atoms with E-state index in [9.17, 15) is 9.59 Å². The molecule has 4 nitrogen and oxygen atoms in total. The topological polar surface area (TPSA) is 40.6 Å². The van der Waals surface area contributed by atoms with Crippen LogP contribution in [0.1, 0.15) is 64.2 Å². The van der Waals surface area contributed by atoms with E-state index in [1.165, 1.54) is 38.5 Å². The van der Waals surface area contributed by atoms with Crippen LogP contribution in [0, 0.1) is 30.0 Å². The second-order valence-electron chi connectivity index (χ2n) is 5.88. The van der Waals surface area contributed by atoms with E-state index in [-0.39, 0.29) is 0 Å². The average molecular weight is 524 g/mol. The molecule has 0 N–H and O–H groups in total. The van der Waals surface area contributed by atoms with E-state index in [4.69, 9.17) is 0 Å². The summed E-state index contributed by atoms with van der Waals surface area (Å²) in [5.74, 6) is 0. The van der Waals surface area contributed by atoms with Gasteiger partial charge in [0, 0.05) is 0 Å². The van der Waals surface area contributed by atoms with Gasteiger partial charge in [-0.05, 0) is 0 Å². The Hall–Kier alpha value is 1.02. The molecule has 0 spiro atoms. The molecule has 0 aliphatic heterocycles. The van der Waals surface area contributed by atoms with Gasteiger partial charge in [-0.1, -0.05) is 0 Å². The number of nitrogens with zero attached hydrogens (tertiary/aromatic N) is 2. The monoisotopic (exact) mass is 521 g/mol. The molecule has 6 heteroatoms. The van der Waals surface area contributed by atoms with Crippen LogP contribution in [0.2, 0.25) is 0 Å². The Kier molecular flexibility index (Phi) is 8.01. The third kappa shape index (κ3) is 4.51. The maximum atomic E-state index is 11.6. The Morgan fingerprint density at radius 2 is 1.10 bits per heavy atom.